The van der Waals surface area contributed by atoms with E-state index in [-0.39, 0.29) is 0 Å². The maximum atomic E-state index is 6.47. The number of rotatable bonds is 6. The van der Waals surface area contributed by atoms with E-state index < -0.39 is 0 Å². The summed E-state index contributed by atoms with van der Waals surface area (Å²) in [4.78, 5) is 5.77. The van der Waals surface area contributed by atoms with Gasteiger partial charge >= 0.3 is 0 Å². The molecule has 0 saturated heterocycles. The van der Waals surface area contributed by atoms with Crippen molar-refractivity contribution in [3.8, 4) is 0 Å². The van der Waals surface area contributed by atoms with Crippen molar-refractivity contribution in [1.29, 1.82) is 0 Å². The third-order valence-corrected chi connectivity index (χ3v) is 6.56. The number of fused-ring (bicyclic) bond motifs is 1. The van der Waals surface area contributed by atoms with E-state index in [1.165, 1.54) is 10.5 Å². The molecule has 0 aliphatic carbocycles. The second-order valence-corrected chi connectivity index (χ2v) is 8.57. The predicted octanol–water partition coefficient (Wildman–Crippen LogP) is 5.85. The van der Waals surface area contributed by atoms with Crippen molar-refractivity contribution in [2.24, 2.45) is 0 Å². The molecule has 0 N–H and O–H groups in total. The van der Waals surface area contributed by atoms with Gasteiger partial charge in [0.1, 0.15) is 11.0 Å². The van der Waals surface area contributed by atoms with Gasteiger partial charge in [0, 0.05) is 21.6 Å². The second-order valence-electron chi connectivity index (χ2n) is 6.39. The Morgan fingerprint density at radius 1 is 1.04 bits per heavy atom. The molecule has 0 amide bonds. The van der Waals surface area contributed by atoms with Gasteiger partial charge in [-0.3, -0.25) is 0 Å². The fraction of sp³-hybridized carbons (Fsp3) is 0.190. The average molecular weight is 427 g/mol. The number of halogens is 1. The van der Waals surface area contributed by atoms with Crippen LogP contribution < -0.4 is 0 Å². The zero-order valence-corrected chi connectivity index (χ0v) is 18.0. The van der Waals surface area contributed by atoms with E-state index in [2.05, 4.69) is 62.4 Å². The van der Waals surface area contributed by atoms with Crippen LogP contribution in [0.2, 0.25) is 5.15 Å². The number of thioether (sulfide) groups is 2. The van der Waals surface area contributed by atoms with Crippen LogP contribution >= 0.6 is 35.1 Å². The molecular formula is C21H19ClN4S2. The highest BCUT2D eigenvalue weighted by Gasteiger charge is 2.12. The zero-order valence-electron chi connectivity index (χ0n) is 15.6. The van der Waals surface area contributed by atoms with E-state index >= 15 is 0 Å². The lowest BCUT2D eigenvalue weighted by molar-refractivity contribution is 0.688. The monoisotopic (exact) mass is 426 g/mol. The Kier molecular flexibility index (Phi) is 5.90. The number of benzene rings is 2. The van der Waals surface area contributed by atoms with Crippen molar-refractivity contribution in [1.82, 2.24) is 19.7 Å². The number of aryl methyl sites for hydroxylation is 1. The molecule has 4 nitrogen and oxygen atoms in total. The van der Waals surface area contributed by atoms with Crippen molar-refractivity contribution >= 4 is 46.0 Å². The Hall–Kier alpha value is -2.02. The minimum Gasteiger partial charge on any atom is -0.302 e. The lowest BCUT2D eigenvalue weighted by atomic mass is 10.2. The smallest absolute Gasteiger partial charge is 0.191 e. The Labute approximate surface area is 177 Å². The summed E-state index contributed by atoms with van der Waals surface area (Å²) in [6, 6.07) is 18.7. The third kappa shape index (κ3) is 4.19. The lowest BCUT2D eigenvalue weighted by Crippen LogP contribution is -2.04. The van der Waals surface area contributed by atoms with Gasteiger partial charge in [0.25, 0.3) is 0 Å². The summed E-state index contributed by atoms with van der Waals surface area (Å²) in [6.07, 6.45) is 2.06. The minimum atomic E-state index is 0.545. The van der Waals surface area contributed by atoms with Gasteiger partial charge in [-0.2, -0.15) is 0 Å². The first-order valence-corrected chi connectivity index (χ1v) is 11.4. The summed E-state index contributed by atoms with van der Waals surface area (Å²) in [6.45, 7) is 2.73. The van der Waals surface area contributed by atoms with Gasteiger partial charge in [-0.15, -0.1) is 22.0 Å². The van der Waals surface area contributed by atoms with E-state index in [4.69, 9.17) is 11.6 Å². The van der Waals surface area contributed by atoms with Gasteiger partial charge in [0.15, 0.2) is 5.16 Å². The van der Waals surface area contributed by atoms with Crippen LogP contribution in [0.3, 0.4) is 0 Å². The van der Waals surface area contributed by atoms with Crippen molar-refractivity contribution in [2.45, 2.75) is 29.3 Å². The Morgan fingerprint density at radius 2 is 1.86 bits per heavy atom. The lowest BCUT2D eigenvalue weighted by Gasteiger charge is -2.10. The number of hydrogen-bond acceptors (Lipinski definition) is 5. The quantitative estimate of drug-likeness (QED) is 0.286. The van der Waals surface area contributed by atoms with Crippen LogP contribution in [-0.4, -0.2) is 26.0 Å². The van der Waals surface area contributed by atoms with Crippen LogP contribution in [0.4, 0.5) is 0 Å². The van der Waals surface area contributed by atoms with E-state index in [0.717, 1.165) is 34.0 Å². The predicted molar refractivity (Wildman–Crippen MR) is 118 cm³/mol. The van der Waals surface area contributed by atoms with Gasteiger partial charge in [-0.1, -0.05) is 59.8 Å². The highest BCUT2D eigenvalue weighted by Crippen LogP contribution is 2.29. The SMILES string of the molecule is CSc1ccc2cc(CSc3nnc(C)n3Cc3ccccc3)c(Cl)nc2c1. The molecule has 0 unspecified atom stereocenters. The highest BCUT2D eigenvalue weighted by atomic mass is 35.5. The number of pyridine rings is 1. The number of nitrogens with zero attached hydrogens (tertiary/aromatic N) is 4. The van der Waals surface area contributed by atoms with Gasteiger partial charge in [0.05, 0.1) is 12.1 Å². The standard InChI is InChI=1S/C21H19ClN4S2/c1-14-24-25-21(26(14)12-15-6-4-3-5-7-15)28-13-17-10-16-8-9-18(27-2)11-19(16)23-20(17)22/h3-11H,12-13H2,1-2H3. The molecule has 4 rings (SSSR count). The van der Waals surface area contributed by atoms with Crippen LogP contribution in [0.15, 0.2) is 64.6 Å². The summed E-state index contributed by atoms with van der Waals surface area (Å²) in [7, 11) is 0. The third-order valence-electron chi connectivity index (χ3n) is 4.49. The molecule has 0 bridgehead atoms. The fourth-order valence-electron chi connectivity index (χ4n) is 2.95. The second kappa shape index (κ2) is 8.55. The molecular weight excluding hydrogens is 408 g/mol. The van der Waals surface area contributed by atoms with Gasteiger partial charge in [0.2, 0.25) is 0 Å². The van der Waals surface area contributed by atoms with Crippen LogP contribution in [0.25, 0.3) is 10.9 Å². The Morgan fingerprint density at radius 3 is 2.64 bits per heavy atom. The summed E-state index contributed by atoms with van der Waals surface area (Å²) in [5.74, 6) is 1.59. The normalized spacial score (nSPS) is 11.2. The molecule has 0 radical (unpaired) electrons. The first-order valence-electron chi connectivity index (χ1n) is 8.84. The van der Waals surface area contributed by atoms with E-state index in [1.807, 2.05) is 25.1 Å². The van der Waals surface area contributed by atoms with E-state index in [0.29, 0.717) is 10.9 Å². The van der Waals surface area contributed by atoms with Crippen molar-refractivity contribution < 1.29 is 0 Å². The molecule has 4 aromatic rings. The van der Waals surface area contributed by atoms with Crippen LogP contribution in [0.1, 0.15) is 17.0 Å². The molecule has 2 aromatic heterocycles. The first kappa shape index (κ1) is 19.3. The zero-order chi connectivity index (χ0) is 19.5. The molecule has 0 saturated carbocycles. The molecule has 2 aromatic carbocycles. The molecule has 2 heterocycles. The molecule has 0 aliphatic rings. The van der Waals surface area contributed by atoms with E-state index in [1.54, 1.807) is 23.5 Å². The van der Waals surface area contributed by atoms with Crippen molar-refractivity contribution in [3.05, 3.63) is 76.7 Å². The molecule has 28 heavy (non-hydrogen) atoms. The van der Waals surface area contributed by atoms with Crippen LogP contribution in [0.5, 0.6) is 0 Å². The number of hydrogen-bond donors (Lipinski definition) is 0. The summed E-state index contributed by atoms with van der Waals surface area (Å²) in [5, 5.41) is 11.1. The summed E-state index contributed by atoms with van der Waals surface area (Å²) < 4.78 is 2.13. The Bertz CT molecular complexity index is 1110. The van der Waals surface area contributed by atoms with Crippen molar-refractivity contribution in [2.75, 3.05) is 6.26 Å². The molecule has 0 fully saturated rings. The summed E-state index contributed by atoms with van der Waals surface area (Å²) >= 11 is 9.80. The van der Waals surface area contributed by atoms with Gasteiger partial charge < -0.3 is 4.57 Å². The molecule has 0 aliphatic heterocycles. The maximum absolute atomic E-state index is 6.47. The number of aromatic nitrogens is 4. The van der Waals surface area contributed by atoms with Gasteiger partial charge in [-0.05, 0) is 36.9 Å². The van der Waals surface area contributed by atoms with Gasteiger partial charge in [-0.25, -0.2) is 4.98 Å². The fourth-order valence-corrected chi connectivity index (χ4v) is 4.63. The van der Waals surface area contributed by atoms with Crippen LogP contribution in [-0.2, 0) is 12.3 Å². The highest BCUT2D eigenvalue weighted by molar-refractivity contribution is 7.98. The molecule has 0 spiro atoms. The largest absolute Gasteiger partial charge is 0.302 e. The van der Waals surface area contributed by atoms with E-state index in [9.17, 15) is 0 Å². The first-order chi connectivity index (χ1) is 13.6. The summed E-state index contributed by atoms with van der Waals surface area (Å²) in [5.41, 5.74) is 3.15. The minimum absolute atomic E-state index is 0.545. The van der Waals surface area contributed by atoms with Crippen LogP contribution in [0, 0.1) is 6.92 Å². The maximum Gasteiger partial charge on any atom is 0.191 e. The molecule has 7 heteroatoms. The molecule has 142 valence electrons. The topological polar surface area (TPSA) is 43.6 Å². The average Bonchev–Trinajstić information content (AvgIpc) is 3.06. The molecule has 0 atom stereocenters. The Balaban J connectivity index is 1.56. The van der Waals surface area contributed by atoms with Crippen molar-refractivity contribution in [3.63, 3.8) is 0 Å².